The predicted molar refractivity (Wildman–Crippen MR) is 85.1 cm³/mol. The van der Waals surface area contributed by atoms with Crippen molar-refractivity contribution in [2.75, 3.05) is 6.54 Å². The summed E-state index contributed by atoms with van der Waals surface area (Å²) in [6.45, 7) is 1.51. The van der Waals surface area contributed by atoms with Gasteiger partial charge in [-0.3, -0.25) is 9.48 Å². The normalized spacial score (nSPS) is 14.7. The fourth-order valence-corrected chi connectivity index (χ4v) is 2.74. The van der Waals surface area contributed by atoms with Gasteiger partial charge in [0.1, 0.15) is 0 Å². The summed E-state index contributed by atoms with van der Waals surface area (Å²) < 4.78 is 2.82. The summed E-state index contributed by atoms with van der Waals surface area (Å²) in [4.78, 5) is 12.0. The molecule has 0 saturated heterocycles. The number of rotatable bonds is 5. The van der Waals surface area contributed by atoms with Crippen LogP contribution >= 0.6 is 15.9 Å². The van der Waals surface area contributed by atoms with Crippen LogP contribution in [0.3, 0.4) is 0 Å². The first kappa shape index (κ1) is 14.3. The number of aromatic nitrogens is 2. The topological polar surface area (TPSA) is 46.9 Å². The lowest BCUT2D eigenvalue weighted by atomic mass is 9.85. The summed E-state index contributed by atoms with van der Waals surface area (Å²) in [6, 6.07) is 7.72. The van der Waals surface area contributed by atoms with Crippen LogP contribution < -0.4 is 5.32 Å². The minimum Gasteiger partial charge on any atom is -0.352 e. The van der Waals surface area contributed by atoms with E-state index in [1.165, 1.54) is 19.3 Å². The second-order valence-corrected chi connectivity index (χ2v) is 6.48. The van der Waals surface area contributed by atoms with Gasteiger partial charge in [-0.2, -0.15) is 5.10 Å². The van der Waals surface area contributed by atoms with Gasteiger partial charge in [0.2, 0.25) is 0 Å². The molecule has 0 radical (unpaired) electrons. The number of hydrogen-bond donors (Lipinski definition) is 1. The fraction of sp³-hybridized carbons (Fsp3) is 0.375. The number of halogens is 1. The molecule has 1 N–H and O–H groups in total. The van der Waals surface area contributed by atoms with Gasteiger partial charge in [-0.25, -0.2) is 0 Å². The van der Waals surface area contributed by atoms with Crippen LogP contribution in [0.4, 0.5) is 0 Å². The van der Waals surface area contributed by atoms with E-state index in [9.17, 15) is 4.79 Å². The molecule has 0 unspecified atom stereocenters. The molecule has 0 atom stereocenters. The molecule has 1 amide bonds. The van der Waals surface area contributed by atoms with Gasteiger partial charge in [-0.05, 0) is 52.4 Å². The van der Waals surface area contributed by atoms with Crippen LogP contribution in [0.5, 0.6) is 0 Å². The van der Waals surface area contributed by atoms with E-state index in [0.29, 0.717) is 12.5 Å². The van der Waals surface area contributed by atoms with Gasteiger partial charge in [-0.1, -0.05) is 18.6 Å². The van der Waals surface area contributed by atoms with Crippen molar-refractivity contribution in [1.82, 2.24) is 15.1 Å². The zero-order valence-corrected chi connectivity index (χ0v) is 13.3. The van der Waals surface area contributed by atoms with Gasteiger partial charge in [0.15, 0.2) is 0 Å². The number of carbonyl (C=O) groups is 1. The minimum absolute atomic E-state index is 0.0234. The van der Waals surface area contributed by atoms with Gasteiger partial charge in [0.05, 0.1) is 17.2 Å². The van der Waals surface area contributed by atoms with Crippen molar-refractivity contribution in [1.29, 1.82) is 0 Å². The van der Waals surface area contributed by atoms with Crippen molar-refractivity contribution < 1.29 is 4.79 Å². The Morgan fingerprint density at radius 2 is 2.10 bits per heavy atom. The number of hydrogen-bond acceptors (Lipinski definition) is 2. The average molecular weight is 348 g/mol. The van der Waals surface area contributed by atoms with Crippen molar-refractivity contribution in [3.63, 3.8) is 0 Å². The molecule has 4 nitrogen and oxygen atoms in total. The van der Waals surface area contributed by atoms with Crippen LogP contribution in [-0.4, -0.2) is 22.2 Å². The molecule has 1 heterocycles. The standard InChI is InChI=1S/C16H18BrN3O/c17-15-9-19-20(11-15)10-13-4-6-14(7-5-13)16(21)18-8-12-2-1-3-12/h4-7,9,11-12H,1-3,8,10H2,(H,18,21). The first-order valence-electron chi connectivity index (χ1n) is 7.26. The van der Waals surface area contributed by atoms with E-state index in [1.54, 1.807) is 6.20 Å². The van der Waals surface area contributed by atoms with E-state index < -0.39 is 0 Å². The highest BCUT2D eigenvalue weighted by molar-refractivity contribution is 9.10. The summed E-state index contributed by atoms with van der Waals surface area (Å²) in [6.07, 6.45) is 7.50. The summed E-state index contributed by atoms with van der Waals surface area (Å²) in [5.41, 5.74) is 1.85. The number of carbonyl (C=O) groups excluding carboxylic acids is 1. The minimum atomic E-state index is 0.0234. The van der Waals surface area contributed by atoms with Crippen molar-refractivity contribution in [3.8, 4) is 0 Å². The lowest BCUT2D eigenvalue weighted by Crippen LogP contribution is -2.32. The Hall–Kier alpha value is -1.62. The SMILES string of the molecule is O=C(NCC1CCC1)c1ccc(Cn2cc(Br)cn2)cc1. The maximum absolute atomic E-state index is 12.0. The molecule has 0 aliphatic heterocycles. The number of nitrogens with zero attached hydrogens (tertiary/aromatic N) is 2. The monoisotopic (exact) mass is 347 g/mol. The Labute approximate surface area is 132 Å². The Kier molecular flexibility index (Phi) is 4.39. The summed E-state index contributed by atoms with van der Waals surface area (Å²) >= 11 is 3.38. The van der Waals surface area contributed by atoms with Crippen LogP contribution in [0.1, 0.15) is 35.2 Å². The molecule has 21 heavy (non-hydrogen) atoms. The Morgan fingerprint density at radius 1 is 1.33 bits per heavy atom. The van der Waals surface area contributed by atoms with Crippen LogP contribution in [-0.2, 0) is 6.54 Å². The van der Waals surface area contributed by atoms with Crippen LogP contribution in [0.2, 0.25) is 0 Å². The highest BCUT2D eigenvalue weighted by Crippen LogP contribution is 2.25. The third kappa shape index (κ3) is 3.73. The van der Waals surface area contributed by atoms with Crippen LogP contribution in [0.25, 0.3) is 0 Å². The second kappa shape index (κ2) is 6.43. The molecule has 3 rings (SSSR count). The van der Waals surface area contributed by atoms with Gasteiger partial charge in [0, 0.05) is 18.3 Å². The van der Waals surface area contributed by atoms with Crippen LogP contribution in [0.15, 0.2) is 41.1 Å². The Balaban J connectivity index is 1.56. The number of amides is 1. The molecule has 110 valence electrons. The van der Waals surface area contributed by atoms with Gasteiger partial charge < -0.3 is 5.32 Å². The zero-order chi connectivity index (χ0) is 14.7. The lowest BCUT2D eigenvalue weighted by molar-refractivity contribution is 0.0939. The lowest BCUT2D eigenvalue weighted by Gasteiger charge is -2.25. The summed E-state index contributed by atoms with van der Waals surface area (Å²) in [5, 5.41) is 7.23. The van der Waals surface area contributed by atoms with Crippen molar-refractivity contribution >= 4 is 21.8 Å². The number of benzene rings is 1. The third-order valence-corrected chi connectivity index (χ3v) is 4.35. The molecular formula is C16H18BrN3O. The molecule has 1 aromatic heterocycles. The molecule has 2 aromatic rings. The molecule has 1 aliphatic carbocycles. The molecule has 1 aliphatic rings. The molecular weight excluding hydrogens is 330 g/mol. The largest absolute Gasteiger partial charge is 0.352 e. The van der Waals surface area contributed by atoms with Crippen molar-refractivity contribution in [2.45, 2.75) is 25.8 Å². The molecule has 0 bridgehead atoms. The zero-order valence-electron chi connectivity index (χ0n) is 11.8. The van der Waals surface area contributed by atoms with E-state index in [2.05, 4.69) is 26.3 Å². The Bertz CT molecular complexity index is 617. The van der Waals surface area contributed by atoms with E-state index in [1.807, 2.05) is 35.1 Å². The van der Waals surface area contributed by atoms with Crippen molar-refractivity contribution in [2.24, 2.45) is 5.92 Å². The van der Waals surface area contributed by atoms with E-state index in [-0.39, 0.29) is 5.91 Å². The summed E-state index contributed by atoms with van der Waals surface area (Å²) in [7, 11) is 0. The Morgan fingerprint density at radius 3 is 2.67 bits per heavy atom. The smallest absolute Gasteiger partial charge is 0.251 e. The highest BCUT2D eigenvalue weighted by atomic mass is 79.9. The van der Waals surface area contributed by atoms with Crippen LogP contribution in [0, 0.1) is 5.92 Å². The number of nitrogens with one attached hydrogen (secondary N) is 1. The second-order valence-electron chi connectivity index (χ2n) is 5.56. The van der Waals surface area contributed by atoms with E-state index in [0.717, 1.165) is 22.1 Å². The first-order chi connectivity index (χ1) is 10.2. The third-order valence-electron chi connectivity index (χ3n) is 3.94. The first-order valence-corrected chi connectivity index (χ1v) is 8.05. The van der Waals surface area contributed by atoms with Gasteiger partial charge in [0.25, 0.3) is 5.91 Å². The summed E-state index contributed by atoms with van der Waals surface area (Å²) in [5.74, 6) is 0.710. The van der Waals surface area contributed by atoms with Crippen molar-refractivity contribution in [3.05, 3.63) is 52.3 Å². The quantitative estimate of drug-likeness (QED) is 0.902. The van der Waals surface area contributed by atoms with E-state index in [4.69, 9.17) is 0 Å². The maximum Gasteiger partial charge on any atom is 0.251 e. The molecule has 1 saturated carbocycles. The predicted octanol–water partition coefficient (Wildman–Crippen LogP) is 3.22. The average Bonchev–Trinajstić information content (AvgIpc) is 2.83. The molecule has 1 aromatic carbocycles. The molecule has 1 fully saturated rings. The van der Waals surface area contributed by atoms with Gasteiger partial charge >= 0.3 is 0 Å². The maximum atomic E-state index is 12.0. The fourth-order valence-electron chi connectivity index (χ4n) is 2.41. The van der Waals surface area contributed by atoms with E-state index >= 15 is 0 Å². The molecule has 0 spiro atoms. The van der Waals surface area contributed by atoms with Gasteiger partial charge in [-0.15, -0.1) is 0 Å². The highest BCUT2D eigenvalue weighted by Gasteiger charge is 2.18. The molecule has 5 heteroatoms.